The van der Waals surface area contributed by atoms with E-state index in [0.717, 1.165) is 11.3 Å². The summed E-state index contributed by atoms with van der Waals surface area (Å²) in [5.74, 6) is 0.445. The first-order valence-electron chi connectivity index (χ1n) is 9.04. The van der Waals surface area contributed by atoms with Crippen molar-refractivity contribution in [1.82, 2.24) is 0 Å². The van der Waals surface area contributed by atoms with E-state index in [-0.39, 0.29) is 23.7 Å². The van der Waals surface area contributed by atoms with Crippen LogP contribution in [0.15, 0.2) is 48.5 Å². The number of carbonyl (C=O) groups is 2. The molecule has 0 aliphatic heterocycles. The molecule has 2 aromatic rings. The molecule has 2 aromatic carbocycles. The second-order valence-corrected chi connectivity index (χ2v) is 7.47. The summed E-state index contributed by atoms with van der Waals surface area (Å²) in [5.41, 5.74) is 2.50. The summed E-state index contributed by atoms with van der Waals surface area (Å²) in [6.45, 7) is 8.18. The van der Waals surface area contributed by atoms with Crippen LogP contribution in [-0.4, -0.2) is 25.5 Å². The number of ether oxygens (including phenoxy) is 1. The number of hydrogen-bond acceptors (Lipinski definition) is 3. The molecule has 0 atom stereocenters. The minimum atomic E-state index is -0.150. The number of anilines is 2. The van der Waals surface area contributed by atoms with Crippen LogP contribution in [0.25, 0.3) is 0 Å². The van der Waals surface area contributed by atoms with Gasteiger partial charge in [0, 0.05) is 37.3 Å². The highest BCUT2D eigenvalue weighted by atomic mass is 16.5. The van der Waals surface area contributed by atoms with Crippen molar-refractivity contribution < 1.29 is 14.3 Å². The first-order chi connectivity index (χ1) is 12.7. The Morgan fingerprint density at radius 3 is 2.41 bits per heavy atom. The summed E-state index contributed by atoms with van der Waals surface area (Å²) in [6, 6.07) is 15.0. The largest absolute Gasteiger partial charge is 0.497 e. The molecule has 144 valence electrons. The maximum Gasteiger partial charge on any atom is 0.226 e. The van der Waals surface area contributed by atoms with E-state index < -0.39 is 0 Å². The van der Waals surface area contributed by atoms with Crippen molar-refractivity contribution in [3.63, 3.8) is 0 Å². The van der Waals surface area contributed by atoms with Gasteiger partial charge < -0.3 is 15.0 Å². The maximum absolute atomic E-state index is 12.4. The standard InChI is InChI=1S/C22H28N2O3/c1-16(25)24(20-12-7-6-11-19(20)22(2,3)4)14-13-21(26)23-17-9-8-10-18(15-17)27-5/h6-12,15H,13-14H2,1-5H3,(H,23,26). The van der Waals surface area contributed by atoms with Crippen LogP contribution in [0.4, 0.5) is 11.4 Å². The Balaban J connectivity index is 2.11. The van der Waals surface area contributed by atoms with Gasteiger partial charge in [-0.2, -0.15) is 0 Å². The molecule has 0 aromatic heterocycles. The van der Waals surface area contributed by atoms with Gasteiger partial charge in [-0.05, 0) is 29.2 Å². The van der Waals surface area contributed by atoms with Crippen molar-refractivity contribution in [2.75, 3.05) is 23.9 Å². The summed E-state index contributed by atoms with van der Waals surface area (Å²) < 4.78 is 5.16. The van der Waals surface area contributed by atoms with E-state index in [1.54, 1.807) is 24.1 Å². The lowest BCUT2D eigenvalue weighted by atomic mass is 9.85. The smallest absolute Gasteiger partial charge is 0.226 e. The summed E-state index contributed by atoms with van der Waals surface area (Å²) in [7, 11) is 1.58. The Bertz CT molecular complexity index is 809. The number of para-hydroxylation sites is 1. The van der Waals surface area contributed by atoms with Gasteiger partial charge >= 0.3 is 0 Å². The lowest BCUT2D eigenvalue weighted by Crippen LogP contribution is -2.34. The summed E-state index contributed by atoms with van der Waals surface area (Å²) in [5, 5.41) is 2.85. The second kappa shape index (κ2) is 8.71. The number of nitrogens with zero attached hydrogens (tertiary/aromatic N) is 1. The van der Waals surface area contributed by atoms with E-state index in [2.05, 4.69) is 26.1 Å². The van der Waals surface area contributed by atoms with Gasteiger partial charge in [0.2, 0.25) is 11.8 Å². The molecule has 0 fully saturated rings. The molecule has 5 heteroatoms. The van der Waals surface area contributed by atoms with Crippen molar-refractivity contribution in [3.05, 3.63) is 54.1 Å². The molecule has 0 heterocycles. The fourth-order valence-electron chi connectivity index (χ4n) is 2.93. The second-order valence-electron chi connectivity index (χ2n) is 7.47. The average molecular weight is 368 g/mol. The number of benzene rings is 2. The van der Waals surface area contributed by atoms with Gasteiger partial charge in [-0.3, -0.25) is 9.59 Å². The number of methoxy groups -OCH3 is 1. The molecule has 0 radical (unpaired) electrons. The van der Waals surface area contributed by atoms with Crippen molar-refractivity contribution in [1.29, 1.82) is 0 Å². The number of hydrogen-bond donors (Lipinski definition) is 1. The number of nitrogens with one attached hydrogen (secondary N) is 1. The summed E-state index contributed by atoms with van der Waals surface area (Å²) >= 11 is 0. The van der Waals surface area contributed by atoms with Gasteiger partial charge in [0.05, 0.1) is 7.11 Å². The summed E-state index contributed by atoms with van der Waals surface area (Å²) in [4.78, 5) is 26.3. The van der Waals surface area contributed by atoms with Crippen LogP contribution in [0.5, 0.6) is 5.75 Å². The van der Waals surface area contributed by atoms with Crippen LogP contribution >= 0.6 is 0 Å². The topological polar surface area (TPSA) is 58.6 Å². The number of amides is 2. The SMILES string of the molecule is COc1cccc(NC(=O)CCN(C(C)=O)c2ccccc2C(C)(C)C)c1. The Morgan fingerprint density at radius 1 is 1.07 bits per heavy atom. The lowest BCUT2D eigenvalue weighted by Gasteiger charge is -2.29. The molecule has 27 heavy (non-hydrogen) atoms. The predicted octanol–water partition coefficient (Wildman–Crippen LogP) is 4.37. The highest BCUT2D eigenvalue weighted by Crippen LogP contribution is 2.32. The molecule has 2 amide bonds. The third-order valence-corrected chi connectivity index (χ3v) is 4.30. The van der Waals surface area contributed by atoms with Gasteiger partial charge in [0.25, 0.3) is 0 Å². The Labute approximate surface area is 161 Å². The third-order valence-electron chi connectivity index (χ3n) is 4.30. The van der Waals surface area contributed by atoms with E-state index in [9.17, 15) is 9.59 Å². The van der Waals surface area contributed by atoms with Crippen molar-refractivity contribution >= 4 is 23.2 Å². The molecular formula is C22H28N2O3. The van der Waals surface area contributed by atoms with Gasteiger partial charge in [0.1, 0.15) is 5.75 Å². The Kier molecular flexibility index (Phi) is 6.61. The fourth-order valence-corrected chi connectivity index (χ4v) is 2.93. The van der Waals surface area contributed by atoms with Gasteiger partial charge in [0.15, 0.2) is 0 Å². The van der Waals surface area contributed by atoms with E-state index in [1.165, 1.54) is 6.92 Å². The predicted molar refractivity (Wildman–Crippen MR) is 109 cm³/mol. The summed E-state index contributed by atoms with van der Waals surface area (Å²) in [6.07, 6.45) is 0.204. The van der Waals surface area contributed by atoms with Gasteiger partial charge in [-0.15, -0.1) is 0 Å². The highest BCUT2D eigenvalue weighted by molar-refractivity contribution is 5.95. The average Bonchev–Trinajstić information content (AvgIpc) is 2.61. The molecular weight excluding hydrogens is 340 g/mol. The Morgan fingerprint density at radius 2 is 1.78 bits per heavy atom. The highest BCUT2D eigenvalue weighted by Gasteiger charge is 2.23. The third kappa shape index (κ3) is 5.58. The molecule has 0 saturated heterocycles. The van der Waals surface area contributed by atoms with Crippen molar-refractivity contribution in [2.45, 2.75) is 39.5 Å². The molecule has 5 nitrogen and oxygen atoms in total. The minimum Gasteiger partial charge on any atom is -0.497 e. The molecule has 0 aliphatic rings. The van der Waals surface area contributed by atoms with Crippen LogP contribution in [-0.2, 0) is 15.0 Å². The van der Waals surface area contributed by atoms with Crippen molar-refractivity contribution in [2.24, 2.45) is 0 Å². The number of rotatable bonds is 6. The van der Waals surface area contributed by atoms with Crippen LogP contribution in [0.3, 0.4) is 0 Å². The molecule has 0 aliphatic carbocycles. The molecule has 0 bridgehead atoms. The first-order valence-corrected chi connectivity index (χ1v) is 9.04. The molecule has 1 N–H and O–H groups in total. The zero-order chi connectivity index (χ0) is 20.0. The quantitative estimate of drug-likeness (QED) is 0.823. The van der Waals surface area contributed by atoms with Crippen LogP contribution in [0.2, 0.25) is 0 Å². The monoisotopic (exact) mass is 368 g/mol. The van der Waals surface area contributed by atoms with Crippen molar-refractivity contribution in [3.8, 4) is 5.75 Å². The van der Waals surface area contributed by atoms with E-state index in [1.807, 2.05) is 36.4 Å². The van der Waals surface area contributed by atoms with Gasteiger partial charge in [-0.1, -0.05) is 45.0 Å². The Hall–Kier alpha value is -2.82. The van der Waals surface area contributed by atoms with E-state index >= 15 is 0 Å². The fraction of sp³-hybridized carbons (Fsp3) is 0.364. The van der Waals surface area contributed by atoms with Crippen LogP contribution in [0, 0.1) is 0 Å². The lowest BCUT2D eigenvalue weighted by molar-refractivity contribution is -0.117. The zero-order valence-electron chi connectivity index (χ0n) is 16.7. The van der Waals surface area contributed by atoms with Gasteiger partial charge in [-0.25, -0.2) is 0 Å². The van der Waals surface area contributed by atoms with E-state index in [4.69, 9.17) is 4.74 Å². The van der Waals surface area contributed by atoms with Crippen LogP contribution < -0.4 is 15.0 Å². The van der Waals surface area contributed by atoms with Crippen LogP contribution in [0.1, 0.15) is 39.7 Å². The minimum absolute atomic E-state index is 0.0825. The van der Waals surface area contributed by atoms with E-state index in [0.29, 0.717) is 18.0 Å². The normalized spacial score (nSPS) is 11.0. The zero-order valence-corrected chi connectivity index (χ0v) is 16.7. The first kappa shape index (κ1) is 20.5. The molecule has 0 unspecified atom stereocenters. The maximum atomic E-state index is 12.4. The molecule has 2 rings (SSSR count). The molecule has 0 spiro atoms. The number of carbonyl (C=O) groups excluding carboxylic acids is 2. The molecule has 0 saturated carbocycles.